The van der Waals surface area contributed by atoms with Crippen LogP contribution in [-0.4, -0.2) is 39.5 Å². The molecule has 1 fully saturated rings. The molecule has 0 saturated carbocycles. The molecule has 4 heteroatoms. The first-order valence-corrected chi connectivity index (χ1v) is 9.80. The first kappa shape index (κ1) is 17.8. The van der Waals surface area contributed by atoms with Crippen molar-refractivity contribution in [1.82, 2.24) is 19.9 Å². The van der Waals surface area contributed by atoms with Crippen LogP contribution in [0.5, 0.6) is 0 Å². The quantitative estimate of drug-likeness (QED) is 0.683. The van der Waals surface area contributed by atoms with Crippen LogP contribution in [0.2, 0.25) is 0 Å². The molecule has 1 aliphatic heterocycles. The summed E-state index contributed by atoms with van der Waals surface area (Å²) < 4.78 is 0. The van der Waals surface area contributed by atoms with Crippen molar-refractivity contribution in [2.24, 2.45) is 0 Å². The van der Waals surface area contributed by atoms with Crippen LogP contribution in [0.25, 0.3) is 11.3 Å². The van der Waals surface area contributed by atoms with Gasteiger partial charge in [-0.2, -0.15) is 0 Å². The molecule has 1 saturated heterocycles. The Kier molecular flexibility index (Phi) is 5.54. The average molecular weight is 358 g/mol. The summed E-state index contributed by atoms with van der Waals surface area (Å²) in [6.45, 7) is 5.50. The number of benzene rings is 1. The second kappa shape index (κ2) is 8.40. The van der Waals surface area contributed by atoms with Gasteiger partial charge in [0.1, 0.15) is 5.82 Å². The van der Waals surface area contributed by atoms with Crippen LogP contribution >= 0.6 is 0 Å². The van der Waals surface area contributed by atoms with Crippen molar-refractivity contribution in [3.05, 3.63) is 78.0 Å². The maximum absolute atomic E-state index is 4.86. The molecular formula is C23H26N4. The highest BCUT2D eigenvalue weighted by molar-refractivity contribution is 5.58. The smallest absolute Gasteiger partial charge is 0.132 e. The lowest BCUT2D eigenvalue weighted by Gasteiger charge is -2.31. The molecule has 0 atom stereocenters. The third-order valence-electron chi connectivity index (χ3n) is 5.53. The van der Waals surface area contributed by atoms with Gasteiger partial charge in [-0.15, -0.1) is 0 Å². The maximum Gasteiger partial charge on any atom is 0.132 e. The molecular weight excluding hydrogens is 332 g/mol. The lowest BCUT2D eigenvalue weighted by atomic mass is 9.95. The fourth-order valence-corrected chi connectivity index (χ4v) is 3.82. The minimum absolute atomic E-state index is 0.465. The van der Waals surface area contributed by atoms with Gasteiger partial charge >= 0.3 is 0 Å². The van der Waals surface area contributed by atoms with Crippen molar-refractivity contribution < 1.29 is 0 Å². The lowest BCUT2D eigenvalue weighted by Crippen LogP contribution is -2.35. The van der Waals surface area contributed by atoms with Gasteiger partial charge in [-0.25, -0.2) is 9.97 Å². The summed E-state index contributed by atoms with van der Waals surface area (Å²) in [7, 11) is 0. The van der Waals surface area contributed by atoms with Gasteiger partial charge in [-0.05, 0) is 62.5 Å². The van der Waals surface area contributed by atoms with Gasteiger partial charge in [0.25, 0.3) is 0 Å². The zero-order valence-corrected chi connectivity index (χ0v) is 15.9. The molecule has 3 aromatic rings. The van der Waals surface area contributed by atoms with Crippen molar-refractivity contribution in [2.45, 2.75) is 32.1 Å². The largest absolute Gasteiger partial charge is 0.303 e. The van der Waals surface area contributed by atoms with E-state index in [2.05, 4.69) is 52.1 Å². The minimum Gasteiger partial charge on any atom is -0.303 e. The predicted molar refractivity (Wildman–Crippen MR) is 109 cm³/mol. The van der Waals surface area contributed by atoms with Crippen molar-refractivity contribution in [3.63, 3.8) is 0 Å². The summed E-state index contributed by atoms with van der Waals surface area (Å²) in [5.74, 6) is 1.47. The number of piperidine rings is 1. The van der Waals surface area contributed by atoms with Crippen molar-refractivity contribution in [1.29, 1.82) is 0 Å². The van der Waals surface area contributed by atoms with Gasteiger partial charge in [0, 0.05) is 36.6 Å². The standard InChI is InChI=1S/C23H26N4/c1-18-17-24-12-7-19(18)9-14-27-15-10-21(11-16-27)23-25-13-8-22(26-23)20-5-3-2-4-6-20/h2-8,12-13,17,21H,9-11,14-16H2,1H3. The molecule has 0 N–H and O–H groups in total. The summed E-state index contributed by atoms with van der Waals surface area (Å²) >= 11 is 0. The highest BCUT2D eigenvalue weighted by Gasteiger charge is 2.22. The monoisotopic (exact) mass is 358 g/mol. The Morgan fingerprint density at radius 1 is 1.00 bits per heavy atom. The van der Waals surface area contributed by atoms with E-state index < -0.39 is 0 Å². The third-order valence-corrected chi connectivity index (χ3v) is 5.53. The second-order valence-corrected chi connectivity index (χ2v) is 7.33. The van der Waals surface area contributed by atoms with E-state index >= 15 is 0 Å². The Morgan fingerprint density at radius 2 is 1.81 bits per heavy atom. The van der Waals surface area contributed by atoms with Gasteiger partial charge in [-0.3, -0.25) is 4.98 Å². The van der Waals surface area contributed by atoms with Gasteiger partial charge in [0.15, 0.2) is 0 Å². The highest BCUT2D eigenvalue weighted by atomic mass is 15.1. The molecule has 3 heterocycles. The average Bonchev–Trinajstić information content (AvgIpc) is 2.74. The van der Waals surface area contributed by atoms with E-state index in [4.69, 9.17) is 4.98 Å². The van der Waals surface area contributed by atoms with Gasteiger partial charge < -0.3 is 4.90 Å². The van der Waals surface area contributed by atoms with Crippen LogP contribution in [0.4, 0.5) is 0 Å². The van der Waals surface area contributed by atoms with Crippen LogP contribution in [0.15, 0.2) is 61.1 Å². The fourth-order valence-electron chi connectivity index (χ4n) is 3.82. The molecule has 0 bridgehead atoms. The number of rotatable bonds is 5. The Bertz CT molecular complexity index is 870. The molecule has 1 aliphatic rings. The summed E-state index contributed by atoms with van der Waals surface area (Å²) in [6, 6.07) is 14.5. The number of aromatic nitrogens is 3. The number of likely N-dealkylation sites (tertiary alicyclic amines) is 1. The Morgan fingerprint density at radius 3 is 2.59 bits per heavy atom. The number of hydrogen-bond donors (Lipinski definition) is 0. The number of pyridine rings is 1. The summed E-state index contributed by atoms with van der Waals surface area (Å²) in [4.78, 5) is 16.2. The Balaban J connectivity index is 1.35. The number of nitrogens with zero attached hydrogens (tertiary/aromatic N) is 4. The minimum atomic E-state index is 0.465. The first-order chi connectivity index (χ1) is 13.3. The lowest BCUT2D eigenvalue weighted by molar-refractivity contribution is 0.211. The van der Waals surface area contributed by atoms with Gasteiger partial charge in [0.2, 0.25) is 0 Å². The molecule has 138 valence electrons. The van der Waals surface area contributed by atoms with E-state index in [9.17, 15) is 0 Å². The van der Waals surface area contributed by atoms with Crippen molar-refractivity contribution >= 4 is 0 Å². The SMILES string of the molecule is Cc1cnccc1CCN1CCC(c2nccc(-c3ccccc3)n2)CC1. The predicted octanol–water partition coefficient (Wildman–Crippen LogP) is 4.27. The Hall–Kier alpha value is -2.59. The summed E-state index contributed by atoms with van der Waals surface area (Å²) in [5, 5.41) is 0. The van der Waals surface area contributed by atoms with E-state index in [-0.39, 0.29) is 0 Å². The zero-order chi connectivity index (χ0) is 18.5. The second-order valence-electron chi connectivity index (χ2n) is 7.33. The van der Waals surface area contributed by atoms with Crippen LogP contribution in [0.3, 0.4) is 0 Å². The first-order valence-electron chi connectivity index (χ1n) is 9.80. The molecule has 4 nitrogen and oxygen atoms in total. The molecule has 27 heavy (non-hydrogen) atoms. The normalized spacial score (nSPS) is 15.7. The molecule has 1 aromatic carbocycles. The van der Waals surface area contributed by atoms with Gasteiger partial charge in [-0.1, -0.05) is 30.3 Å². The van der Waals surface area contributed by atoms with Crippen LogP contribution in [0.1, 0.15) is 35.7 Å². The molecule has 0 aliphatic carbocycles. The highest BCUT2D eigenvalue weighted by Crippen LogP contribution is 2.27. The maximum atomic E-state index is 4.86. The van der Waals surface area contributed by atoms with E-state index in [1.54, 1.807) is 0 Å². The number of aryl methyl sites for hydroxylation is 1. The fraction of sp³-hybridized carbons (Fsp3) is 0.348. The van der Waals surface area contributed by atoms with Crippen LogP contribution < -0.4 is 0 Å². The van der Waals surface area contributed by atoms with Crippen LogP contribution in [-0.2, 0) is 6.42 Å². The van der Waals surface area contributed by atoms with Crippen molar-refractivity contribution in [2.75, 3.05) is 19.6 Å². The van der Waals surface area contributed by atoms with E-state index in [1.165, 1.54) is 11.1 Å². The molecule has 4 rings (SSSR count). The van der Waals surface area contributed by atoms with E-state index in [0.717, 1.165) is 56.0 Å². The Labute approximate surface area is 161 Å². The van der Waals surface area contributed by atoms with Crippen molar-refractivity contribution in [3.8, 4) is 11.3 Å². The summed E-state index contributed by atoms with van der Waals surface area (Å²) in [6.07, 6.45) is 9.12. The molecule has 0 amide bonds. The molecule has 0 spiro atoms. The molecule has 2 aromatic heterocycles. The van der Waals surface area contributed by atoms with Crippen LogP contribution in [0, 0.1) is 6.92 Å². The van der Waals surface area contributed by atoms with E-state index in [0.29, 0.717) is 5.92 Å². The molecule has 0 unspecified atom stereocenters. The molecule has 0 radical (unpaired) electrons. The van der Waals surface area contributed by atoms with Gasteiger partial charge in [0.05, 0.1) is 5.69 Å². The topological polar surface area (TPSA) is 41.9 Å². The number of hydrogen-bond acceptors (Lipinski definition) is 4. The summed E-state index contributed by atoms with van der Waals surface area (Å²) in [5.41, 5.74) is 4.88. The zero-order valence-electron chi connectivity index (χ0n) is 15.9. The third kappa shape index (κ3) is 4.40. The van der Waals surface area contributed by atoms with E-state index in [1.807, 2.05) is 30.7 Å².